The average molecular weight is 325 g/mol. The van der Waals surface area contributed by atoms with Gasteiger partial charge in [-0.05, 0) is 24.6 Å². The predicted molar refractivity (Wildman–Crippen MR) is 81.8 cm³/mol. The fraction of sp³-hybridized carbons (Fsp3) is 0.333. The molecule has 1 atom stereocenters. The number of hydrogen-bond acceptors (Lipinski definition) is 4. The molecule has 0 saturated heterocycles. The normalized spacial score (nSPS) is 17.6. The number of hydrogen-bond donors (Lipinski definition) is 2. The Kier molecular flexibility index (Phi) is 5.27. The van der Waals surface area contributed by atoms with E-state index in [-0.39, 0.29) is 5.88 Å². The highest BCUT2D eigenvalue weighted by atomic mass is 35.5. The van der Waals surface area contributed by atoms with E-state index in [1.807, 2.05) is 6.92 Å². The molecule has 2 rings (SSSR count). The van der Waals surface area contributed by atoms with E-state index in [0.717, 1.165) is 5.56 Å². The van der Waals surface area contributed by atoms with Gasteiger partial charge in [0.05, 0.1) is 31.2 Å². The predicted octanol–water partition coefficient (Wildman–Crippen LogP) is 2.11. The van der Waals surface area contributed by atoms with Crippen molar-refractivity contribution in [2.24, 2.45) is 0 Å². The Morgan fingerprint density at radius 3 is 2.55 bits per heavy atom. The quantitative estimate of drug-likeness (QED) is 0.642. The summed E-state index contributed by atoms with van der Waals surface area (Å²) in [5.41, 5.74) is 1.37. The summed E-state index contributed by atoms with van der Waals surface area (Å²) >= 11 is 5.83. The third-order valence-corrected chi connectivity index (χ3v) is 3.48. The number of urea groups is 1. The van der Waals surface area contributed by atoms with Crippen LogP contribution in [0.5, 0.6) is 5.75 Å². The van der Waals surface area contributed by atoms with Crippen LogP contribution in [0.4, 0.5) is 4.79 Å². The van der Waals surface area contributed by atoms with E-state index in [1.165, 1.54) is 7.11 Å². The summed E-state index contributed by atoms with van der Waals surface area (Å²) in [6.45, 7) is 2.46. The molecule has 118 valence electrons. The van der Waals surface area contributed by atoms with E-state index >= 15 is 0 Å². The summed E-state index contributed by atoms with van der Waals surface area (Å²) in [5.74, 6) is 0.181. The maximum atomic E-state index is 12.0. The molecule has 0 aromatic heterocycles. The van der Waals surface area contributed by atoms with Crippen LogP contribution in [0.3, 0.4) is 0 Å². The molecule has 2 amide bonds. The second-order valence-corrected chi connectivity index (χ2v) is 4.82. The van der Waals surface area contributed by atoms with Crippen LogP contribution in [-0.4, -0.2) is 31.6 Å². The summed E-state index contributed by atoms with van der Waals surface area (Å²) in [6.07, 6.45) is 0. The number of halogens is 1. The van der Waals surface area contributed by atoms with Gasteiger partial charge in [-0.25, -0.2) is 9.59 Å². The maximum absolute atomic E-state index is 12.0. The minimum atomic E-state index is -0.620. The minimum Gasteiger partial charge on any atom is -0.494 e. The van der Waals surface area contributed by atoms with Crippen molar-refractivity contribution in [3.63, 3.8) is 0 Å². The molecular weight excluding hydrogens is 308 g/mol. The van der Waals surface area contributed by atoms with Crippen LogP contribution in [0, 0.1) is 0 Å². The van der Waals surface area contributed by atoms with E-state index < -0.39 is 18.0 Å². The van der Waals surface area contributed by atoms with Crippen LogP contribution in [0.2, 0.25) is 0 Å². The highest BCUT2D eigenvalue weighted by Gasteiger charge is 2.33. The first-order chi connectivity index (χ1) is 10.6. The first-order valence-corrected chi connectivity index (χ1v) is 7.31. The van der Waals surface area contributed by atoms with Gasteiger partial charge < -0.3 is 20.1 Å². The molecule has 0 bridgehead atoms. The van der Waals surface area contributed by atoms with Gasteiger partial charge in [-0.3, -0.25) is 0 Å². The van der Waals surface area contributed by atoms with Crippen LogP contribution in [0.15, 0.2) is 35.5 Å². The molecule has 1 aromatic carbocycles. The van der Waals surface area contributed by atoms with E-state index in [0.29, 0.717) is 23.6 Å². The lowest BCUT2D eigenvalue weighted by molar-refractivity contribution is -0.136. The Morgan fingerprint density at radius 2 is 2.00 bits per heavy atom. The molecule has 6 nitrogen and oxygen atoms in total. The van der Waals surface area contributed by atoms with Crippen molar-refractivity contribution in [3.05, 3.63) is 41.1 Å². The third-order valence-electron chi connectivity index (χ3n) is 3.22. The van der Waals surface area contributed by atoms with Gasteiger partial charge in [0.2, 0.25) is 0 Å². The standard InChI is InChI=1S/C15H17ClN2O4/c1-3-22-10-6-4-9(5-7-10)13-12(14(19)21-2)11(8-16)17-15(20)18-13/h4-7,13H,3,8H2,1-2H3,(H2,17,18,20)/t13-/m1/s1. The molecule has 1 heterocycles. The van der Waals surface area contributed by atoms with Crippen molar-refractivity contribution in [2.45, 2.75) is 13.0 Å². The van der Waals surface area contributed by atoms with E-state index in [1.54, 1.807) is 24.3 Å². The van der Waals surface area contributed by atoms with Crippen molar-refractivity contribution < 1.29 is 19.1 Å². The number of carbonyl (C=O) groups excluding carboxylic acids is 2. The van der Waals surface area contributed by atoms with E-state index in [4.69, 9.17) is 21.1 Å². The van der Waals surface area contributed by atoms with Crippen molar-refractivity contribution in [1.82, 2.24) is 10.6 Å². The zero-order chi connectivity index (χ0) is 16.1. The number of alkyl halides is 1. The molecule has 1 aliphatic heterocycles. The second-order valence-electron chi connectivity index (χ2n) is 4.55. The highest BCUT2D eigenvalue weighted by molar-refractivity contribution is 6.20. The van der Waals surface area contributed by atoms with Gasteiger partial charge in [0.25, 0.3) is 0 Å². The third kappa shape index (κ3) is 3.33. The van der Waals surface area contributed by atoms with Crippen LogP contribution < -0.4 is 15.4 Å². The number of allylic oxidation sites excluding steroid dienone is 1. The lowest BCUT2D eigenvalue weighted by atomic mass is 9.95. The second kappa shape index (κ2) is 7.17. The summed E-state index contributed by atoms with van der Waals surface area (Å²) in [5, 5.41) is 5.24. The number of carbonyl (C=O) groups is 2. The van der Waals surface area contributed by atoms with Gasteiger partial charge in [-0.15, -0.1) is 11.6 Å². The van der Waals surface area contributed by atoms with Crippen molar-refractivity contribution in [1.29, 1.82) is 0 Å². The molecule has 0 spiro atoms. The van der Waals surface area contributed by atoms with E-state index in [9.17, 15) is 9.59 Å². The fourth-order valence-corrected chi connectivity index (χ4v) is 2.46. The number of ether oxygens (including phenoxy) is 2. The topological polar surface area (TPSA) is 76.7 Å². The Balaban J connectivity index is 2.40. The van der Waals surface area contributed by atoms with Gasteiger partial charge in [-0.2, -0.15) is 0 Å². The lowest BCUT2D eigenvalue weighted by Crippen LogP contribution is -2.46. The van der Waals surface area contributed by atoms with Gasteiger partial charge in [0.1, 0.15) is 5.75 Å². The molecule has 1 aromatic rings. The van der Waals surface area contributed by atoms with Gasteiger partial charge in [0.15, 0.2) is 0 Å². The zero-order valence-electron chi connectivity index (χ0n) is 12.3. The summed E-state index contributed by atoms with van der Waals surface area (Å²) in [7, 11) is 1.28. The molecule has 1 aliphatic rings. The summed E-state index contributed by atoms with van der Waals surface area (Å²) in [6, 6.07) is 6.10. The SMILES string of the molecule is CCOc1ccc([C@H]2NC(=O)NC(CCl)=C2C(=O)OC)cc1. The average Bonchev–Trinajstić information content (AvgIpc) is 2.54. The largest absolute Gasteiger partial charge is 0.494 e. The fourth-order valence-electron chi connectivity index (χ4n) is 2.25. The minimum absolute atomic E-state index is 0.00534. The van der Waals surface area contributed by atoms with Crippen molar-refractivity contribution in [2.75, 3.05) is 19.6 Å². The summed E-state index contributed by atoms with van der Waals surface area (Å²) < 4.78 is 10.2. The monoisotopic (exact) mass is 324 g/mol. The Hall–Kier alpha value is -2.21. The molecule has 0 saturated carbocycles. The smallest absolute Gasteiger partial charge is 0.338 e. The Labute approximate surface area is 133 Å². The van der Waals surface area contributed by atoms with Crippen LogP contribution >= 0.6 is 11.6 Å². The van der Waals surface area contributed by atoms with Crippen LogP contribution in [-0.2, 0) is 9.53 Å². The number of esters is 1. The molecule has 22 heavy (non-hydrogen) atoms. The maximum Gasteiger partial charge on any atom is 0.338 e. The van der Waals surface area contributed by atoms with E-state index in [2.05, 4.69) is 10.6 Å². The molecule has 0 unspecified atom stereocenters. The first-order valence-electron chi connectivity index (χ1n) is 6.78. The number of rotatable bonds is 5. The number of benzene rings is 1. The number of amides is 2. The molecule has 0 aliphatic carbocycles. The zero-order valence-corrected chi connectivity index (χ0v) is 13.1. The molecule has 0 fully saturated rings. The van der Waals surface area contributed by atoms with Gasteiger partial charge in [-0.1, -0.05) is 12.1 Å². The van der Waals surface area contributed by atoms with Gasteiger partial charge in [0, 0.05) is 5.70 Å². The Morgan fingerprint density at radius 1 is 1.32 bits per heavy atom. The lowest BCUT2D eigenvalue weighted by Gasteiger charge is -2.28. The highest BCUT2D eigenvalue weighted by Crippen LogP contribution is 2.29. The molecule has 2 N–H and O–H groups in total. The molecule has 7 heteroatoms. The molecular formula is C15H17ClN2O4. The van der Waals surface area contributed by atoms with Crippen molar-refractivity contribution in [3.8, 4) is 5.75 Å². The first kappa shape index (κ1) is 16.2. The van der Waals surface area contributed by atoms with Crippen LogP contribution in [0.1, 0.15) is 18.5 Å². The van der Waals surface area contributed by atoms with Crippen molar-refractivity contribution >= 4 is 23.6 Å². The van der Waals surface area contributed by atoms with Gasteiger partial charge >= 0.3 is 12.0 Å². The number of nitrogens with one attached hydrogen (secondary N) is 2. The summed E-state index contributed by atoms with van der Waals surface area (Å²) in [4.78, 5) is 23.8. The Bertz CT molecular complexity index is 598. The number of methoxy groups -OCH3 is 1. The van der Waals surface area contributed by atoms with Crippen LogP contribution in [0.25, 0.3) is 0 Å². The molecule has 0 radical (unpaired) electrons.